The molecule has 2 heterocycles. The Bertz CT molecular complexity index is 1420. The Kier molecular flexibility index (Phi) is 9.24. The average Bonchev–Trinajstić information content (AvgIpc) is 3.31. The molecule has 0 atom stereocenters. The van der Waals surface area contributed by atoms with Crippen LogP contribution in [0, 0.1) is 6.92 Å². The van der Waals surface area contributed by atoms with Gasteiger partial charge < -0.3 is 5.32 Å². The number of benzene rings is 2. The van der Waals surface area contributed by atoms with Gasteiger partial charge in [-0.25, -0.2) is 8.42 Å². The number of carbonyl (C=O) groups excluding carboxylic acids is 2. The number of nitrogens with one attached hydrogen (secondary N) is 1. The van der Waals surface area contributed by atoms with Crippen LogP contribution in [0.4, 0.5) is 0 Å². The van der Waals surface area contributed by atoms with E-state index in [1.54, 1.807) is 12.1 Å². The number of piperidine rings is 1. The fourth-order valence-electron chi connectivity index (χ4n) is 4.17. The second kappa shape index (κ2) is 12.4. The first-order chi connectivity index (χ1) is 18.2. The maximum absolute atomic E-state index is 13.0. The minimum absolute atomic E-state index is 0.0850. The van der Waals surface area contributed by atoms with Crippen molar-refractivity contribution in [3.8, 4) is 5.69 Å². The van der Waals surface area contributed by atoms with Gasteiger partial charge in [-0.2, -0.15) is 4.31 Å². The fourth-order valence-corrected chi connectivity index (χ4v) is 6.72. The van der Waals surface area contributed by atoms with Crippen LogP contribution in [0.15, 0.2) is 52.5 Å². The Labute approximate surface area is 232 Å². The lowest BCUT2D eigenvalue weighted by atomic mass is 10.1. The first kappa shape index (κ1) is 28.3. The van der Waals surface area contributed by atoms with Gasteiger partial charge in [0, 0.05) is 43.6 Å². The summed E-state index contributed by atoms with van der Waals surface area (Å²) < 4.78 is 29.1. The molecule has 0 aliphatic carbocycles. The van der Waals surface area contributed by atoms with Crippen molar-refractivity contribution < 1.29 is 18.0 Å². The van der Waals surface area contributed by atoms with E-state index in [4.69, 9.17) is 11.6 Å². The molecule has 0 bridgehead atoms. The maximum Gasteiger partial charge on any atom is 0.243 e. The number of carbonyl (C=O) groups is 2. The van der Waals surface area contributed by atoms with Gasteiger partial charge in [-0.1, -0.05) is 48.0 Å². The van der Waals surface area contributed by atoms with Gasteiger partial charge in [-0.3, -0.25) is 14.2 Å². The lowest BCUT2D eigenvalue weighted by Crippen LogP contribution is -2.35. The molecule has 4 rings (SSSR count). The SMILES string of the molecule is CC(=O)NCCc1nnc(SCC(=O)c2ccc(S(=O)(=O)N3CCCCC3)cc2)n1-c1ccc(C)c(Cl)c1. The molecular formula is C26H30ClN5O4S2. The smallest absolute Gasteiger partial charge is 0.243 e. The summed E-state index contributed by atoms with van der Waals surface area (Å²) in [7, 11) is -3.55. The summed E-state index contributed by atoms with van der Waals surface area (Å²) in [6, 6.07) is 11.7. The quantitative estimate of drug-likeness (QED) is 0.286. The molecule has 0 spiro atoms. The van der Waals surface area contributed by atoms with E-state index in [0.29, 0.717) is 47.6 Å². The third-order valence-corrected chi connectivity index (χ3v) is 9.55. The third-order valence-electron chi connectivity index (χ3n) is 6.30. The van der Waals surface area contributed by atoms with Gasteiger partial charge in [0.05, 0.1) is 16.3 Å². The van der Waals surface area contributed by atoms with Gasteiger partial charge in [-0.15, -0.1) is 10.2 Å². The molecule has 3 aromatic rings. The van der Waals surface area contributed by atoms with Gasteiger partial charge in [-0.05, 0) is 49.6 Å². The average molecular weight is 576 g/mol. The van der Waals surface area contributed by atoms with Crippen molar-refractivity contribution in [2.24, 2.45) is 0 Å². The number of aryl methyl sites for hydroxylation is 1. The summed E-state index contributed by atoms with van der Waals surface area (Å²) in [5.41, 5.74) is 2.11. The largest absolute Gasteiger partial charge is 0.356 e. The first-order valence-corrected chi connectivity index (χ1v) is 15.2. The van der Waals surface area contributed by atoms with Crippen molar-refractivity contribution >= 4 is 45.1 Å². The van der Waals surface area contributed by atoms with E-state index in [-0.39, 0.29) is 22.3 Å². The Morgan fingerprint density at radius 3 is 2.42 bits per heavy atom. The Morgan fingerprint density at radius 1 is 1.05 bits per heavy atom. The second-order valence-electron chi connectivity index (χ2n) is 9.10. The molecule has 0 radical (unpaired) electrons. The predicted octanol–water partition coefficient (Wildman–Crippen LogP) is 4.06. The van der Waals surface area contributed by atoms with Crippen LogP contribution < -0.4 is 5.32 Å². The Morgan fingerprint density at radius 2 is 1.76 bits per heavy atom. The molecule has 9 nitrogen and oxygen atoms in total. The molecule has 1 N–H and O–H groups in total. The topological polar surface area (TPSA) is 114 Å². The number of Topliss-reactive ketones (excluding diaryl/α,β-unsaturated/α-hetero) is 1. The summed E-state index contributed by atoms with van der Waals surface area (Å²) in [5.74, 6) is 0.417. The predicted molar refractivity (Wildman–Crippen MR) is 148 cm³/mol. The first-order valence-electron chi connectivity index (χ1n) is 12.4. The molecule has 1 amide bonds. The molecule has 1 aromatic heterocycles. The van der Waals surface area contributed by atoms with Crippen LogP contribution in [-0.4, -0.2) is 64.6 Å². The standard InChI is InChI=1S/C26H30ClN5O4S2/c1-18-6-9-21(16-23(18)27)32-25(12-13-28-19(2)33)29-30-26(32)37-17-24(34)20-7-10-22(11-8-20)38(35,36)31-14-4-3-5-15-31/h6-11,16H,3-5,12-15,17H2,1-2H3,(H,28,33). The zero-order valence-electron chi connectivity index (χ0n) is 21.3. The molecule has 1 aliphatic heterocycles. The highest BCUT2D eigenvalue weighted by Crippen LogP contribution is 2.27. The summed E-state index contributed by atoms with van der Waals surface area (Å²) in [6.45, 7) is 4.81. The van der Waals surface area contributed by atoms with Crippen LogP contribution >= 0.6 is 23.4 Å². The molecule has 0 saturated carbocycles. The van der Waals surface area contributed by atoms with Crippen LogP contribution in [0.2, 0.25) is 5.02 Å². The van der Waals surface area contributed by atoms with E-state index < -0.39 is 10.0 Å². The fraction of sp³-hybridized carbons (Fsp3) is 0.385. The summed E-state index contributed by atoms with van der Waals surface area (Å²) in [4.78, 5) is 24.5. The molecule has 1 fully saturated rings. The van der Waals surface area contributed by atoms with Gasteiger partial charge in [0.15, 0.2) is 10.9 Å². The molecular weight excluding hydrogens is 546 g/mol. The third kappa shape index (κ3) is 6.63. The number of amides is 1. The van der Waals surface area contributed by atoms with E-state index in [9.17, 15) is 18.0 Å². The monoisotopic (exact) mass is 575 g/mol. The van der Waals surface area contributed by atoms with Crippen LogP contribution in [-0.2, 0) is 21.2 Å². The number of hydrogen-bond acceptors (Lipinski definition) is 7. The highest BCUT2D eigenvalue weighted by molar-refractivity contribution is 7.99. The molecule has 1 aliphatic rings. The molecule has 12 heteroatoms. The number of rotatable bonds is 10. The highest BCUT2D eigenvalue weighted by atomic mass is 35.5. The molecule has 0 unspecified atom stereocenters. The van der Waals surface area contributed by atoms with Crippen molar-refractivity contribution in [1.29, 1.82) is 0 Å². The van der Waals surface area contributed by atoms with Gasteiger partial charge >= 0.3 is 0 Å². The van der Waals surface area contributed by atoms with E-state index in [1.807, 2.05) is 29.7 Å². The minimum atomic E-state index is -3.55. The number of sulfonamides is 1. The number of nitrogens with zero attached hydrogens (tertiary/aromatic N) is 4. The Hall–Kier alpha value is -2.73. The van der Waals surface area contributed by atoms with Crippen molar-refractivity contribution in [2.75, 3.05) is 25.4 Å². The zero-order chi connectivity index (χ0) is 27.3. The van der Waals surface area contributed by atoms with Crippen molar-refractivity contribution in [1.82, 2.24) is 24.4 Å². The van der Waals surface area contributed by atoms with E-state index in [0.717, 1.165) is 30.5 Å². The number of thioether (sulfide) groups is 1. The van der Waals surface area contributed by atoms with Crippen LogP contribution in [0.1, 0.15) is 47.9 Å². The number of hydrogen-bond donors (Lipinski definition) is 1. The number of aromatic nitrogens is 3. The highest BCUT2D eigenvalue weighted by Gasteiger charge is 2.26. The van der Waals surface area contributed by atoms with Gasteiger partial charge in [0.25, 0.3) is 0 Å². The number of halogens is 1. The molecule has 2 aromatic carbocycles. The molecule has 202 valence electrons. The van der Waals surface area contributed by atoms with E-state index in [2.05, 4.69) is 15.5 Å². The normalized spacial score (nSPS) is 14.4. The summed E-state index contributed by atoms with van der Waals surface area (Å²) in [5, 5.41) is 12.4. The second-order valence-corrected chi connectivity index (χ2v) is 12.4. The number of ketones is 1. The molecule has 1 saturated heterocycles. The van der Waals surface area contributed by atoms with Crippen molar-refractivity contribution in [3.05, 3.63) is 64.4 Å². The minimum Gasteiger partial charge on any atom is -0.356 e. The van der Waals surface area contributed by atoms with Crippen LogP contribution in [0.3, 0.4) is 0 Å². The Balaban J connectivity index is 1.49. The maximum atomic E-state index is 13.0. The lowest BCUT2D eigenvalue weighted by molar-refractivity contribution is -0.118. The zero-order valence-corrected chi connectivity index (χ0v) is 23.7. The lowest BCUT2D eigenvalue weighted by Gasteiger charge is -2.25. The van der Waals surface area contributed by atoms with Crippen LogP contribution in [0.5, 0.6) is 0 Å². The van der Waals surface area contributed by atoms with Crippen molar-refractivity contribution in [3.63, 3.8) is 0 Å². The van der Waals surface area contributed by atoms with E-state index >= 15 is 0 Å². The van der Waals surface area contributed by atoms with Crippen molar-refractivity contribution in [2.45, 2.75) is 49.6 Å². The molecule has 38 heavy (non-hydrogen) atoms. The van der Waals surface area contributed by atoms with Crippen LogP contribution in [0.25, 0.3) is 5.69 Å². The summed E-state index contributed by atoms with van der Waals surface area (Å²) in [6.07, 6.45) is 3.21. The summed E-state index contributed by atoms with van der Waals surface area (Å²) >= 11 is 7.60. The van der Waals surface area contributed by atoms with Gasteiger partial charge in [0.1, 0.15) is 5.82 Å². The van der Waals surface area contributed by atoms with E-state index in [1.165, 1.54) is 35.1 Å². The van der Waals surface area contributed by atoms with Gasteiger partial charge in [0.2, 0.25) is 15.9 Å².